The molecule has 19 heavy (non-hydrogen) atoms. The summed E-state index contributed by atoms with van der Waals surface area (Å²) in [5, 5.41) is 2.46. The molecule has 0 spiro atoms. The van der Waals surface area contributed by atoms with Gasteiger partial charge in [0.1, 0.15) is 5.60 Å². The number of aromatic nitrogens is 2. The number of amides is 1. The number of hydrogen-bond acceptors (Lipinski definition) is 6. The van der Waals surface area contributed by atoms with Crippen molar-refractivity contribution >= 4 is 12.0 Å². The van der Waals surface area contributed by atoms with Crippen molar-refractivity contribution in [3.8, 4) is 0 Å². The molecule has 0 aliphatic rings. The lowest BCUT2D eigenvalue weighted by Crippen LogP contribution is -2.27. The number of anilines is 1. The van der Waals surface area contributed by atoms with Crippen LogP contribution in [0.3, 0.4) is 0 Å². The van der Waals surface area contributed by atoms with Crippen LogP contribution in [-0.2, 0) is 9.57 Å². The zero-order valence-electron chi connectivity index (χ0n) is 11.6. The standard InChI is InChI=1S/C12H20N4O3/c1-8(7-18-13)9-5-14-10(15-6-9)16-11(17)19-12(2,3)4/h5-6,8H,7,13H2,1-4H3,(H,14,15,16,17). The van der Waals surface area contributed by atoms with Gasteiger partial charge in [-0.1, -0.05) is 6.92 Å². The predicted octanol–water partition coefficient (Wildman–Crippen LogP) is 1.82. The molecule has 0 aliphatic carbocycles. The summed E-state index contributed by atoms with van der Waals surface area (Å²) in [5.74, 6) is 5.28. The largest absolute Gasteiger partial charge is 0.444 e. The molecule has 1 atom stereocenters. The van der Waals surface area contributed by atoms with Gasteiger partial charge in [-0.25, -0.2) is 20.7 Å². The van der Waals surface area contributed by atoms with Gasteiger partial charge in [0.15, 0.2) is 0 Å². The van der Waals surface area contributed by atoms with Crippen LogP contribution in [0.2, 0.25) is 0 Å². The van der Waals surface area contributed by atoms with E-state index in [0.717, 1.165) is 5.56 Å². The second-order valence-electron chi connectivity index (χ2n) is 5.20. The third kappa shape index (κ3) is 5.62. The summed E-state index contributed by atoms with van der Waals surface area (Å²) in [6.45, 7) is 7.66. The monoisotopic (exact) mass is 268 g/mol. The Morgan fingerprint density at radius 1 is 1.42 bits per heavy atom. The SMILES string of the molecule is CC(CON)c1cnc(NC(=O)OC(C)(C)C)nc1. The number of carbonyl (C=O) groups is 1. The number of rotatable bonds is 4. The van der Waals surface area contributed by atoms with Crippen molar-refractivity contribution in [2.45, 2.75) is 39.2 Å². The van der Waals surface area contributed by atoms with Crippen LogP contribution in [0.15, 0.2) is 12.4 Å². The maximum atomic E-state index is 11.5. The topological polar surface area (TPSA) is 99.4 Å². The molecular formula is C12H20N4O3. The van der Waals surface area contributed by atoms with Crippen molar-refractivity contribution in [1.29, 1.82) is 0 Å². The maximum Gasteiger partial charge on any atom is 0.414 e. The first-order valence-electron chi connectivity index (χ1n) is 5.95. The smallest absolute Gasteiger partial charge is 0.414 e. The Kier molecular flexibility index (Phi) is 5.20. The lowest BCUT2D eigenvalue weighted by atomic mass is 10.1. The summed E-state index contributed by atoms with van der Waals surface area (Å²) >= 11 is 0. The zero-order valence-corrected chi connectivity index (χ0v) is 11.6. The van der Waals surface area contributed by atoms with Crippen LogP contribution in [0.5, 0.6) is 0 Å². The van der Waals surface area contributed by atoms with Gasteiger partial charge in [-0.15, -0.1) is 0 Å². The summed E-state index contributed by atoms with van der Waals surface area (Å²) in [4.78, 5) is 24.1. The fraction of sp³-hybridized carbons (Fsp3) is 0.583. The highest BCUT2D eigenvalue weighted by molar-refractivity contribution is 5.82. The van der Waals surface area contributed by atoms with E-state index < -0.39 is 11.7 Å². The van der Waals surface area contributed by atoms with E-state index in [0.29, 0.717) is 6.61 Å². The first kappa shape index (κ1) is 15.3. The van der Waals surface area contributed by atoms with E-state index in [2.05, 4.69) is 20.1 Å². The Bertz CT molecular complexity index is 414. The zero-order chi connectivity index (χ0) is 14.5. The number of nitrogens with one attached hydrogen (secondary N) is 1. The van der Waals surface area contributed by atoms with E-state index in [-0.39, 0.29) is 11.9 Å². The highest BCUT2D eigenvalue weighted by atomic mass is 16.6. The number of nitrogens with zero attached hydrogens (tertiary/aromatic N) is 2. The van der Waals surface area contributed by atoms with Gasteiger partial charge in [0, 0.05) is 18.3 Å². The second-order valence-corrected chi connectivity index (χ2v) is 5.20. The Hall–Kier alpha value is -1.73. The molecule has 0 fully saturated rings. The minimum atomic E-state index is -0.585. The maximum absolute atomic E-state index is 11.5. The van der Waals surface area contributed by atoms with Crippen LogP contribution >= 0.6 is 0 Å². The van der Waals surface area contributed by atoms with Crippen molar-refractivity contribution in [3.05, 3.63) is 18.0 Å². The average molecular weight is 268 g/mol. The molecule has 0 aliphatic heterocycles. The summed E-state index contributed by atoms with van der Waals surface area (Å²) in [7, 11) is 0. The fourth-order valence-electron chi connectivity index (χ4n) is 1.29. The quantitative estimate of drug-likeness (QED) is 0.808. The van der Waals surface area contributed by atoms with Crippen LogP contribution in [-0.4, -0.2) is 28.3 Å². The lowest BCUT2D eigenvalue weighted by molar-refractivity contribution is 0.0634. The Morgan fingerprint density at radius 3 is 2.47 bits per heavy atom. The molecule has 0 saturated carbocycles. The Morgan fingerprint density at radius 2 is 2.00 bits per heavy atom. The van der Waals surface area contributed by atoms with E-state index in [1.54, 1.807) is 33.2 Å². The number of ether oxygens (including phenoxy) is 1. The number of nitrogens with two attached hydrogens (primary N) is 1. The van der Waals surface area contributed by atoms with Crippen molar-refractivity contribution in [3.63, 3.8) is 0 Å². The van der Waals surface area contributed by atoms with Crippen LogP contribution < -0.4 is 11.2 Å². The highest BCUT2D eigenvalue weighted by Gasteiger charge is 2.17. The van der Waals surface area contributed by atoms with Crippen LogP contribution in [0.4, 0.5) is 10.7 Å². The van der Waals surface area contributed by atoms with Gasteiger partial charge in [0.25, 0.3) is 0 Å². The first-order valence-corrected chi connectivity index (χ1v) is 5.95. The molecule has 1 heterocycles. The molecule has 1 amide bonds. The average Bonchev–Trinajstić information content (AvgIpc) is 2.27. The third-order valence-corrected chi connectivity index (χ3v) is 2.20. The number of hydrogen-bond donors (Lipinski definition) is 2. The molecule has 7 heteroatoms. The van der Waals surface area contributed by atoms with Gasteiger partial charge in [0.05, 0.1) is 6.61 Å². The minimum Gasteiger partial charge on any atom is -0.444 e. The van der Waals surface area contributed by atoms with Gasteiger partial charge < -0.3 is 9.57 Å². The van der Waals surface area contributed by atoms with Crippen molar-refractivity contribution < 1.29 is 14.4 Å². The first-order chi connectivity index (χ1) is 8.81. The van der Waals surface area contributed by atoms with Gasteiger partial charge in [0.2, 0.25) is 5.95 Å². The van der Waals surface area contributed by atoms with E-state index in [4.69, 9.17) is 10.6 Å². The lowest BCUT2D eigenvalue weighted by Gasteiger charge is -2.19. The highest BCUT2D eigenvalue weighted by Crippen LogP contribution is 2.14. The van der Waals surface area contributed by atoms with Gasteiger partial charge in [-0.2, -0.15) is 0 Å². The van der Waals surface area contributed by atoms with Crippen LogP contribution in [0.25, 0.3) is 0 Å². The predicted molar refractivity (Wildman–Crippen MR) is 70.4 cm³/mol. The number of carbonyl (C=O) groups excluding carboxylic acids is 1. The summed E-state index contributed by atoms with van der Waals surface area (Å²) in [6, 6.07) is 0. The van der Waals surface area contributed by atoms with Gasteiger partial charge in [-0.05, 0) is 26.3 Å². The van der Waals surface area contributed by atoms with Crippen molar-refractivity contribution in [2.24, 2.45) is 5.90 Å². The molecule has 7 nitrogen and oxygen atoms in total. The molecule has 0 aromatic carbocycles. The molecule has 1 rings (SSSR count). The molecule has 0 saturated heterocycles. The molecule has 0 radical (unpaired) electrons. The van der Waals surface area contributed by atoms with E-state index >= 15 is 0 Å². The van der Waals surface area contributed by atoms with E-state index in [1.165, 1.54) is 0 Å². The molecular weight excluding hydrogens is 248 g/mol. The Labute approximate surface area is 112 Å². The fourth-order valence-corrected chi connectivity index (χ4v) is 1.29. The summed E-state index contributed by atoms with van der Waals surface area (Å²) in [6.07, 6.45) is 2.64. The van der Waals surface area contributed by atoms with E-state index in [9.17, 15) is 4.79 Å². The van der Waals surface area contributed by atoms with Gasteiger partial charge in [-0.3, -0.25) is 5.32 Å². The molecule has 1 unspecified atom stereocenters. The van der Waals surface area contributed by atoms with Crippen LogP contribution in [0, 0.1) is 0 Å². The van der Waals surface area contributed by atoms with Crippen molar-refractivity contribution in [2.75, 3.05) is 11.9 Å². The molecule has 1 aromatic rings. The third-order valence-electron chi connectivity index (χ3n) is 2.20. The Balaban J connectivity index is 2.59. The normalized spacial score (nSPS) is 12.9. The molecule has 106 valence electrons. The van der Waals surface area contributed by atoms with E-state index in [1.807, 2.05) is 6.92 Å². The molecule has 1 aromatic heterocycles. The summed E-state index contributed by atoms with van der Waals surface area (Å²) < 4.78 is 5.09. The summed E-state index contributed by atoms with van der Waals surface area (Å²) in [5.41, 5.74) is 0.317. The van der Waals surface area contributed by atoms with Gasteiger partial charge >= 0.3 is 6.09 Å². The second kappa shape index (κ2) is 6.44. The molecule has 0 bridgehead atoms. The van der Waals surface area contributed by atoms with Crippen molar-refractivity contribution in [1.82, 2.24) is 9.97 Å². The van der Waals surface area contributed by atoms with Crippen LogP contribution in [0.1, 0.15) is 39.2 Å². The minimum absolute atomic E-state index is 0.0839. The molecule has 3 N–H and O–H groups in total.